The van der Waals surface area contributed by atoms with Gasteiger partial charge in [0.05, 0.1) is 13.1 Å². The van der Waals surface area contributed by atoms with Crippen molar-refractivity contribution in [1.82, 2.24) is 24.9 Å². The van der Waals surface area contributed by atoms with Crippen LogP contribution < -0.4 is 5.32 Å². The van der Waals surface area contributed by atoms with Crippen LogP contribution in [0.3, 0.4) is 0 Å². The Balaban J connectivity index is 1.27. The molecule has 0 unspecified atom stereocenters. The monoisotopic (exact) mass is 449 g/mol. The van der Waals surface area contributed by atoms with Gasteiger partial charge in [0, 0.05) is 52.7 Å². The predicted octanol–water partition coefficient (Wildman–Crippen LogP) is 3.95. The number of halogens is 1. The number of aromatic hydroxyl groups is 1. The molecule has 0 saturated carbocycles. The molecule has 2 N–H and O–H groups in total. The molecule has 2 aromatic heterocycles. The van der Waals surface area contributed by atoms with Gasteiger partial charge in [-0.15, -0.1) is 0 Å². The van der Waals surface area contributed by atoms with E-state index in [1.165, 1.54) is 6.42 Å². The normalized spacial score (nSPS) is 20.6. The van der Waals surface area contributed by atoms with E-state index in [1.807, 2.05) is 54.1 Å². The van der Waals surface area contributed by atoms with Crippen LogP contribution in [0.4, 0.5) is 0 Å². The minimum absolute atomic E-state index is 0.253. The summed E-state index contributed by atoms with van der Waals surface area (Å²) in [5.74, 6) is 1.48. The van der Waals surface area contributed by atoms with Gasteiger partial charge in [0.2, 0.25) is 0 Å². The third-order valence-electron chi connectivity index (χ3n) is 6.65. The number of aromatic nitrogens is 3. The van der Waals surface area contributed by atoms with E-state index in [0.717, 1.165) is 40.6 Å². The van der Waals surface area contributed by atoms with Gasteiger partial charge in [-0.05, 0) is 48.7 Å². The number of piperazine rings is 1. The third-order valence-corrected chi connectivity index (χ3v) is 6.90. The van der Waals surface area contributed by atoms with Gasteiger partial charge in [-0.2, -0.15) is 4.98 Å². The summed E-state index contributed by atoms with van der Waals surface area (Å²) in [6, 6.07) is 12.8. The van der Waals surface area contributed by atoms with Gasteiger partial charge in [-0.3, -0.25) is 4.90 Å². The van der Waals surface area contributed by atoms with Crippen LogP contribution in [0.25, 0.3) is 22.2 Å². The summed E-state index contributed by atoms with van der Waals surface area (Å²) in [7, 11) is 0. The molecule has 7 nitrogen and oxygen atoms in total. The molecule has 2 atom stereocenters. The van der Waals surface area contributed by atoms with Crippen molar-refractivity contribution in [2.45, 2.75) is 38.5 Å². The number of benzene rings is 2. The Morgan fingerprint density at radius 3 is 2.81 bits per heavy atom. The Morgan fingerprint density at radius 1 is 1.22 bits per heavy atom. The van der Waals surface area contributed by atoms with Crippen molar-refractivity contribution in [2.75, 3.05) is 13.1 Å². The van der Waals surface area contributed by atoms with Gasteiger partial charge in [0.25, 0.3) is 5.89 Å². The SMILES string of the molecule is Cc1cc(-c2nc(CN3C[C@@H]4C[C@H]3CN4)no2)cc2cn(Cc3ccc(Cl)cc3)c(O)c12. The number of rotatable bonds is 5. The fourth-order valence-electron chi connectivity index (χ4n) is 5.08. The van der Waals surface area contributed by atoms with Crippen LogP contribution in [-0.4, -0.2) is 49.9 Å². The van der Waals surface area contributed by atoms with Gasteiger partial charge in [0.1, 0.15) is 0 Å². The lowest BCUT2D eigenvalue weighted by atomic mass is 10.1. The molecule has 6 rings (SSSR count). The summed E-state index contributed by atoms with van der Waals surface area (Å²) >= 11 is 5.99. The number of hydrogen-bond donors (Lipinski definition) is 2. The van der Waals surface area contributed by atoms with Crippen molar-refractivity contribution in [3.63, 3.8) is 0 Å². The van der Waals surface area contributed by atoms with E-state index in [1.54, 1.807) is 0 Å². The Morgan fingerprint density at radius 2 is 2.06 bits per heavy atom. The fourth-order valence-corrected chi connectivity index (χ4v) is 5.21. The molecular formula is C24H24ClN5O2. The molecule has 2 bridgehead atoms. The van der Waals surface area contributed by atoms with E-state index in [0.29, 0.717) is 41.9 Å². The molecule has 0 radical (unpaired) electrons. The van der Waals surface area contributed by atoms with Crippen molar-refractivity contribution in [3.05, 3.63) is 64.6 Å². The summed E-state index contributed by atoms with van der Waals surface area (Å²) in [6.45, 7) is 5.35. The molecule has 4 heterocycles. The number of nitrogens with one attached hydrogen (secondary N) is 1. The van der Waals surface area contributed by atoms with Crippen molar-refractivity contribution < 1.29 is 9.63 Å². The second kappa shape index (κ2) is 7.62. The number of likely N-dealkylation sites (tertiary alicyclic amines) is 1. The molecule has 0 spiro atoms. The molecule has 32 heavy (non-hydrogen) atoms. The first-order chi connectivity index (χ1) is 15.5. The van der Waals surface area contributed by atoms with Crippen LogP contribution in [0, 0.1) is 6.92 Å². The van der Waals surface area contributed by atoms with E-state index >= 15 is 0 Å². The summed E-state index contributed by atoms with van der Waals surface area (Å²) < 4.78 is 7.45. The fraction of sp³-hybridized carbons (Fsp3) is 0.333. The number of fused-ring (bicyclic) bond motifs is 3. The van der Waals surface area contributed by atoms with Crippen LogP contribution in [0.1, 0.15) is 23.4 Å². The van der Waals surface area contributed by atoms with Crippen LogP contribution in [0.2, 0.25) is 5.02 Å². The molecule has 0 amide bonds. The molecule has 2 saturated heterocycles. The van der Waals surface area contributed by atoms with Crippen LogP contribution in [0.15, 0.2) is 47.1 Å². The lowest BCUT2D eigenvalue weighted by molar-refractivity contribution is 0.210. The molecule has 2 aliphatic heterocycles. The van der Waals surface area contributed by atoms with Gasteiger partial charge < -0.3 is 19.5 Å². The summed E-state index contributed by atoms with van der Waals surface area (Å²) in [4.78, 5) is 7.09. The van der Waals surface area contributed by atoms with Crippen molar-refractivity contribution in [3.8, 4) is 17.3 Å². The first-order valence-electron chi connectivity index (χ1n) is 10.9. The molecule has 0 aliphatic carbocycles. The third kappa shape index (κ3) is 3.46. The molecule has 2 fully saturated rings. The van der Waals surface area contributed by atoms with Crippen LogP contribution in [0.5, 0.6) is 5.88 Å². The quantitative estimate of drug-likeness (QED) is 0.480. The highest BCUT2D eigenvalue weighted by Gasteiger charge is 2.37. The number of nitrogens with zero attached hydrogens (tertiary/aromatic N) is 4. The average molecular weight is 450 g/mol. The summed E-state index contributed by atoms with van der Waals surface area (Å²) in [6.07, 6.45) is 3.16. The van der Waals surface area contributed by atoms with Crippen molar-refractivity contribution >= 4 is 22.4 Å². The van der Waals surface area contributed by atoms with E-state index in [-0.39, 0.29) is 5.88 Å². The Bertz CT molecular complexity index is 1300. The smallest absolute Gasteiger partial charge is 0.258 e. The predicted molar refractivity (Wildman–Crippen MR) is 123 cm³/mol. The number of hydrogen-bond acceptors (Lipinski definition) is 6. The summed E-state index contributed by atoms with van der Waals surface area (Å²) in [5, 5.41) is 21.0. The summed E-state index contributed by atoms with van der Waals surface area (Å²) in [5.41, 5.74) is 2.89. The number of aryl methyl sites for hydroxylation is 1. The largest absolute Gasteiger partial charge is 0.494 e. The van der Waals surface area contributed by atoms with Gasteiger partial charge in [-0.25, -0.2) is 0 Å². The van der Waals surface area contributed by atoms with Crippen LogP contribution in [-0.2, 0) is 13.1 Å². The van der Waals surface area contributed by atoms with E-state index < -0.39 is 0 Å². The zero-order chi connectivity index (χ0) is 21.8. The lowest BCUT2D eigenvalue weighted by Gasteiger charge is -2.25. The molecule has 4 aromatic rings. The van der Waals surface area contributed by atoms with E-state index in [2.05, 4.69) is 20.4 Å². The highest BCUT2D eigenvalue weighted by Crippen LogP contribution is 2.34. The van der Waals surface area contributed by atoms with E-state index in [9.17, 15) is 5.11 Å². The highest BCUT2D eigenvalue weighted by molar-refractivity contribution is 6.30. The zero-order valence-electron chi connectivity index (χ0n) is 17.8. The Hall–Kier alpha value is -2.87. The molecule has 2 aromatic carbocycles. The maximum atomic E-state index is 10.8. The maximum absolute atomic E-state index is 10.8. The average Bonchev–Trinajstić information content (AvgIpc) is 3.55. The lowest BCUT2D eigenvalue weighted by Crippen LogP contribution is -2.43. The van der Waals surface area contributed by atoms with Crippen molar-refractivity contribution in [2.24, 2.45) is 0 Å². The van der Waals surface area contributed by atoms with Gasteiger partial charge in [-0.1, -0.05) is 28.9 Å². The topological polar surface area (TPSA) is 79.4 Å². The molecule has 8 heteroatoms. The molecule has 2 aliphatic rings. The second-order valence-corrected chi connectivity index (χ2v) is 9.34. The van der Waals surface area contributed by atoms with Crippen molar-refractivity contribution in [1.29, 1.82) is 0 Å². The second-order valence-electron chi connectivity index (χ2n) is 8.90. The minimum Gasteiger partial charge on any atom is -0.494 e. The van der Waals surface area contributed by atoms with Gasteiger partial charge in [0.15, 0.2) is 11.7 Å². The first kappa shape index (κ1) is 19.8. The molecular weight excluding hydrogens is 426 g/mol. The van der Waals surface area contributed by atoms with E-state index in [4.69, 9.17) is 16.1 Å². The highest BCUT2D eigenvalue weighted by atomic mass is 35.5. The molecule has 164 valence electrons. The minimum atomic E-state index is 0.253. The standard InChI is InChI=1S/C24H24ClN5O2/c1-14-6-16(23-27-21(28-32-23)13-29-12-19-8-20(29)9-26-19)7-17-11-30(24(31)22(14)17)10-15-2-4-18(25)5-3-15/h2-7,11,19-20,26,31H,8-10,12-13H2,1H3/t19-,20-/m0/s1. The first-order valence-corrected chi connectivity index (χ1v) is 11.3. The Labute approximate surface area is 190 Å². The maximum Gasteiger partial charge on any atom is 0.258 e. The Kier molecular flexibility index (Phi) is 4.71. The van der Waals surface area contributed by atoms with Crippen LogP contribution >= 0.6 is 11.6 Å². The van der Waals surface area contributed by atoms with Gasteiger partial charge >= 0.3 is 0 Å². The zero-order valence-corrected chi connectivity index (χ0v) is 18.5.